The molecule has 0 aliphatic heterocycles. The Labute approximate surface area is 440 Å². The molecule has 0 saturated heterocycles. The highest BCUT2D eigenvalue weighted by Gasteiger charge is 2.37. The second-order valence-electron chi connectivity index (χ2n) is 23.1. The van der Waals surface area contributed by atoms with Gasteiger partial charge in [-0.3, -0.25) is 0 Å². The number of hydrogen-bond donors (Lipinski definition) is 0. The van der Waals surface area contributed by atoms with Crippen LogP contribution in [0.4, 0.5) is 34.1 Å². The van der Waals surface area contributed by atoms with Crippen molar-refractivity contribution in [3.05, 3.63) is 241 Å². The van der Waals surface area contributed by atoms with Crippen molar-refractivity contribution in [3.63, 3.8) is 0 Å². The first-order chi connectivity index (χ1) is 36.2. The number of anilines is 6. The van der Waals surface area contributed by atoms with Gasteiger partial charge in [-0.05, 0) is 164 Å². The van der Waals surface area contributed by atoms with Crippen molar-refractivity contribution in [3.8, 4) is 33.4 Å². The van der Waals surface area contributed by atoms with E-state index in [2.05, 4.69) is 284 Å². The van der Waals surface area contributed by atoms with E-state index < -0.39 is 0 Å². The summed E-state index contributed by atoms with van der Waals surface area (Å²) in [6, 6.07) is 79.5. The highest BCUT2D eigenvalue weighted by Crippen LogP contribution is 2.53. The number of rotatable bonds is 8. The smallest absolute Gasteiger partial charge is 0.137 e. The molecule has 10 aromatic carbocycles. The molecule has 1 aliphatic carbocycles. The largest absolute Gasteiger partial charge is 0.456 e. The number of fused-ring (bicyclic) bond motifs is 9. The van der Waals surface area contributed by atoms with Crippen molar-refractivity contribution in [2.75, 3.05) is 9.80 Å². The summed E-state index contributed by atoms with van der Waals surface area (Å²) in [5.41, 5.74) is 22.0. The average molecular weight is 973 g/mol. The molecule has 0 amide bonds. The number of nitrogens with zero attached hydrogens (tertiary/aromatic N) is 2. The van der Waals surface area contributed by atoms with Crippen LogP contribution in [0.15, 0.2) is 227 Å². The van der Waals surface area contributed by atoms with Gasteiger partial charge in [0.15, 0.2) is 0 Å². The zero-order valence-corrected chi connectivity index (χ0v) is 44.0. The van der Waals surface area contributed by atoms with Crippen LogP contribution >= 0.6 is 0 Å². The third kappa shape index (κ3) is 7.99. The van der Waals surface area contributed by atoms with Crippen LogP contribution in [0.25, 0.3) is 77.3 Å². The fourth-order valence-corrected chi connectivity index (χ4v) is 11.5. The van der Waals surface area contributed by atoms with Gasteiger partial charge in [-0.15, -0.1) is 0 Å². The standard InChI is InChI=1S/C71H60N2O2/c1-69(2,3)49-23-31-53(32-24-49)72(51-27-19-47(20-28-51)45-15-11-9-12-16-45)55-35-37-57-61-41-63-59(43-67(61)74-65(57)39-55)60-44-68-62(42-64(60)71(63,7)8)58-38-36-56(40-66(58)75-68)73(54-33-25-50(26-34-54)70(4,5)6)52-29-21-48(22-30-52)46-17-13-10-14-18-46/h9-44H,1-8H3. The van der Waals surface area contributed by atoms with E-state index in [0.29, 0.717) is 0 Å². The first-order valence-corrected chi connectivity index (χ1v) is 26.3. The van der Waals surface area contributed by atoms with Crippen molar-refractivity contribution >= 4 is 78.0 Å². The van der Waals surface area contributed by atoms with E-state index in [4.69, 9.17) is 8.83 Å². The minimum absolute atomic E-state index is 0.0474. The molecule has 0 atom stereocenters. The summed E-state index contributed by atoms with van der Waals surface area (Å²) >= 11 is 0. The molecule has 1 aliphatic rings. The molecule has 2 aromatic heterocycles. The fourth-order valence-electron chi connectivity index (χ4n) is 11.5. The van der Waals surface area contributed by atoms with Gasteiger partial charge in [0.25, 0.3) is 0 Å². The van der Waals surface area contributed by atoms with Gasteiger partial charge in [0.2, 0.25) is 0 Å². The lowest BCUT2D eigenvalue weighted by molar-refractivity contribution is 0.590. The summed E-state index contributed by atoms with van der Waals surface area (Å²) < 4.78 is 13.8. The van der Waals surface area contributed by atoms with Crippen molar-refractivity contribution in [2.45, 2.75) is 71.6 Å². The van der Waals surface area contributed by atoms with Crippen LogP contribution in [-0.4, -0.2) is 0 Å². The van der Waals surface area contributed by atoms with Crippen LogP contribution in [0.3, 0.4) is 0 Å². The summed E-state index contributed by atoms with van der Waals surface area (Å²) in [7, 11) is 0. The lowest BCUT2D eigenvalue weighted by atomic mass is 9.81. The van der Waals surface area contributed by atoms with Gasteiger partial charge in [0.1, 0.15) is 22.3 Å². The minimum atomic E-state index is -0.260. The van der Waals surface area contributed by atoms with E-state index >= 15 is 0 Å². The lowest BCUT2D eigenvalue weighted by Crippen LogP contribution is -2.14. The maximum Gasteiger partial charge on any atom is 0.137 e. The molecule has 0 unspecified atom stereocenters. The molecule has 0 saturated carbocycles. The molecule has 4 heteroatoms. The van der Waals surface area contributed by atoms with E-state index in [-0.39, 0.29) is 16.2 Å². The molecule has 2 heterocycles. The van der Waals surface area contributed by atoms with Gasteiger partial charge >= 0.3 is 0 Å². The third-order valence-electron chi connectivity index (χ3n) is 15.8. The summed E-state index contributed by atoms with van der Waals surface area (Å²) in [5, 5.41) is 4.46. The first-order valence-electron chi connectivity index (χ1n) is 26.3. The molecular weight excluding hydrogens is 913 g/mol. The zero-order valence-electron chi connectivity index (χ0n) is 44.0. The van der Waals surface area contributed by atoms with Gasteiger partial charge < -0.3 is 18.6 Å². The van der Waals surface area contributed by atoms with E-state index in [1.54, 1.807) is 0 Å². The van der Waals surface area contributed by atoms with Gasteiger partial charge in [-0.1, -0.05) is 165 Å². The zero-order chi connectivity index (χ0) is 51.4. The van der Waals surface area contributed by atoms with Crippen molar-refractivity contribution in [1.82, 2.24) is 0 Å². The van der Waals surface area contributed by atoms with Crippen molar-refractivity contribution in [1.29, 1.82) is 0 Å². The van der Waals surface area contributed by atoms with Crippen molar-refractivity contribution in [2.24, 2.45) is 0 Å². The lowest BCUT2D eigenvalue weighted by Gasteiger charge is -2.27. The van der Waals surface area contributed by atoms with Gasteiger partial charge in [0, 0.05) is 73.2 Å². The fraction of sp³-hybridized carbons (Fsp3) is 0.155. The maximum absolute atomic E-state index is 6.91. The number of benzene rings is 10. The topological polar surface area (TPSA) is 32.8 Å². The van der Waals surface area contributed by atoms with E-state index in [1.165, 1.54) is 55.6 Å². The second-order valence-corrected chi connectivity index (χ2v) is 23.1. The number of furan rings is 2. The molecule has 0 radical (unpaired) electrons. The molecule has 12 aromatic rings. The van der Waals surface area contributed by atoms with Crippen LogP contribution in [-0.2, 0) is 16.2 Å². The minimum Gasteiger partial charge on any atom is -0.456 e. The van der Waals surface area contributed by atoms with Crippen LogP contribution in [0.1, 0.15) is 77.6 Å². The molecule has 4 nitrogen and oxygen atoms in total. The van der Waals surface area contributed by atoms with Gasteiger partial charge in [-0.2, -0.15) is 0 Å². The Balaban J connectivity index is 0.877. The molecule has 0 spiro atoms. The molecular formula is C71H60N2O2. The maximum atomic E-state index is 6.91. The molecule has 0 fully saturated rings. The van der Waals surface area contributed by atoms with E-state index in [0.717, 1.165) is 78.0 Å². The first kappa shape index (κ1) is 46.2. The van der Waals surface area contributed by atoms with Crippen LogP contribution in [0.5, 0.6) is 0 Å². The Morgan fingerprint density at radius 1 is 0.307 bits per heavy atom. The Bertz CT molecular complexity index is 3840. The predicted octanol–water partition coefficient (Wildman–Crippen LogP) is 20.7. The predicted molar refractivity (Wildman–Crippen MR) is 316 cm³/mol. The molecule has 75 heavy (non-hydrogen) atoms. The molecule has 0 N–H and O–H groups in total. The van der Waals surface area contributed by atoms with E-state index in [9.17, 15) is 0 Å². The SMILES string of the molecule is CC(C)(C)c1ccc(N(c2ccc(-c3ccccc3)cc2)c2ccc3c(c2)oc2cc4c(cc23)C(C)(C)c2cc3c(cc2-4)oc2cc(N(c4ccc(-c5ccccc5)cc4)c4ccc(C(C)(C)C)cc4)ccc23)cc1. The van der Waals surface area contributed by atoms with Crippen LogP contribution in [0, 0.1) is 0 Å². The Morgan fingerprint density at radius 3 is 0.960 bits per heavy atom. The van der Waals surface area contributed by atoms with Crippen LogP contribution in [0.2, 0.25) is 0 Å². The highest BCUT2D eigenvalue weighted by molar-refractivity contribution is 6.11. The Kier molecular flexibility index (Phi) is 10.6. The summed E-state index contributed by atoms with van der Waals surface area (Å²) in [5.74, 6) is 0. The molecule has 0 bridgehead atoms. The van der Waals surface area contributed by atoms with Crippen LogP contribution < -0.4 is 9.80 Å². The monoisotopic (exact) mass is 972 g/mol. The molecule has 366 valence electrons. The summed E-state index contributed by atoms with van der Waals surface area (Å²) in [6.07, 6.45) is 0. The van der Waals surface area contributed by atoms with Gasteiger partial charge in [-0.25, -0.2) is 0 Å². The van der Waals surface area contributed by atoms with Crippen molar-refractivity contribution < 1.29 is 8.83 Å². The Hall–Kier alpha value is -8.60. The number of hydrogen-bond acceptors (Lipinski definition) is 4. The second kappa shape index (κ2) is 17.2. The Morgan fingerprint density at radius 2 is 0.613 bits per heavy atom. The van der Waals surface area contributed by atoms with Gasteiger partial charge in [0.05, 0.1) is 0 Å². The highest BCUT2D eigenvalue weighted by atomic mass is 16.3. The molecule has 13 rings (SSSR count). The average Bonchev–Trinajstić information content (AvgIpc) is 4.04. The quantitative estimate of drug-likeness (QED) is 0.152. The summed E-state index contributed by atoms with van der Waals surface area (Å²) in [4.78, 5) is 4.67. The third-order valence-corrected chi connectivity index (χ3v) is 15.8. The summed E-state index contributed by atoms with van der Waals surface area (Å²) in [6.45, 7) is 18.3. The van der Waals surface area contributed by atoms with E-state index in [1.807, 2.05) is 0 Å². The normalized spacial score (nSPS) is 13.2.